The molecule has 0 saturated carbocycles. The Morgan fingerprint density at radius 1 is 0.719 bits per heavy atom. The molecule has 0 aromatic heterocycles. The molecule has 0 atom stereocenters. The fourth-order valence-electron chi connectivity index (χ4n) is 2.98. The molecule has 0 saturated heterocycles. The van der Waals surface area contributed by atoms with E-state index in [1.54, 1.807) is 6.92 Å². The molecule has 0 unspecified atom stereocenters. The molecule has 0 bridgehead atoms. The van der Waals surface area contributed by atoms with Crippen molar-refractivity contribution < 1.29 is 23.8 Å². The van der Waals surface area contributed by atoms with Gasteiger partial charge in [-0.25, -0.2) is 9.59 Å². The number of hydrogen-bond donors (Lipinski definition) is 0. The number of ether oxygens (including phenoxy) is 3. The molecule has 0 aliphatic heterocycles. The molecule has 164 valence electrons. The van der Waals surface area contributed by atoms with Gasteiger partial charge in [0.15, 0.2) is 0 Å². The van der Waals surface area contributed by atoms with Gasteiger partial charge in [-0.2, -0.15) is 0 Å². The second-order valence-electron chi connectivity index (χ2n) is 7.08. The van der Waals surface area contributed by atoms with Gasteiger partial charge in [0.2, 0.25) is 0 Å². The van der Waals surface area contributed by atoms with E-state index in [1.807, 2.05) is 84.9 Å². The van der Waals surface area contributed by atoms with Crippen LogP contribution >= 0.6 is 0 Å². The summed E-state index contributed by atoms with van der Waals surface area (Å²) in [4.78, 5) is 24.6. The van der Waals surface area contributed by atoms with Gasteiger partial charge in [0, 0.05) is 18.1 Å². The van der Waals surface area contributed by atoms with Crippen molar-refractivity contribution in [3.05, 3.63) is 113 Å². The first-order valence-electron chi connectivity index (χ1n) is 10.5. The van der Waals surface area contributed by atoms with Crippen LogP contribution in [0.1, 0.15) is 23.6 Å². The van der Waals surface area contributed by atoms with E-state index < -0.39 is 11.9 Å². The minimum atomic E-state index is -0.584. The number of benzene rings is 3. The summed E-state index contributed by atoms with van der Waals surface area (Å²) in [5, 5.41) is 0. The largest absolute Gasteiger partial charge is 0.489 e. The third-order valence-electron chi connectivity index (χ3n) is 4.62. The zero-order chi connectivity index (χ0) is 22.6. The molecule has 0 aliphatic carbocycles. The molecule has 0 amide bonds. The summed E-state index contributed by atoms with van der Waals surface area (Å²) in [6, 6.07) is 26.7. The first-order chi connectivity index (χ1) is 15.6. The molecule has 0 spiro atoms. The Morgan fingerprint density at radius 3 is 1.91 bits per heavy atom. The van der Waals surface area contributed by atoms with Crippen LogP contribution in [-0.4, -0.2) is 18.5 Å². The molecule has 0 aliphatic rings. The zero-order valence-electron chi connectivity index (χ0n) is 18.0. The highest BCUT2D eigenvalue weighted by Gasteiger charge is 2.15. The molecular weight excluding hydrogens is 404 g/mol. The van der Waals surface area contributed by atoms with Gasteiger partial charge >= 0.3 is 11.9 Å². The number of hydrogen-bond acceptors (Lipinski definition) is 5. The molecule has 32 heavy (non-hydrogen) atoms. The lowest BCUT2D eigenvalue weighted by molar-refractivity contribution is -0.141. The molecule has 0 heterocycles. The van der Waals surface area contributed by atoms with Crippen LogP contribution in [0.3, 0.4) is 0 Å². The smallest absolute Gasteiger partial charge is 0.334 e. The van der Waals surface area contributed by atoms with Gasteiger partial charge in [-0.15, -0.1) is 0 Å². The van der Waals surface area contributed by atoms with Gasteiger partial charge < -0.3 is 14.2 Å². The Morgan fingerprint density at radius 2 is 1.31 bits per heavy atom. The number of rotatable bonds is 10. The highest BCUT2D eigenvalue weighted by atomic mass is 16.5. The minimum Gasteiger partial charge on any atom is -0.489 e. The van der Waals surface area contributed by atoms with Crippen LogP contribution in [0.5, 0.6) is 5.75 Å². The maximum absolute atomic E-state index is 12.4. The summed E-state index contributed by atoms with van der Waals surface area (Å²) in [7, 11) is 0. The summed E-state index contributed by atoms with van der Waals surface area (Å²) in [6.07, 6.45) is 1.46. The van der Waals surface area contributed by atoms with E-state index in [2.05, 4.69) is 0 Å². The fraction of sp³-hybridized carbons (Fsp3) is 0.185. The van der Waals surface area contributed by atoms with E-state index in [4.69, 9.17) is 14.2 Å². The molecule has 3 rings (SSSR count). The summed E-state index contributed by atoms with van der Waals surface area (Å²) in [6.45, 7) is 2.56. The van der Waals surface area contributed by atoms with Gasteiger partial charge in [0.1, 0.15) is 19.0 Å². The number of carbonyl (C=O) groups is 2. The maximum atomic E-state index is 12.4. The molecule has 3 aromatic rings. The summed E-state index contributed by atoms with van der Waals surface area (Å²) in [5.41, 5.74) is 3.05. The third-order valence-corrected chi connectivity index (χ3v) is 4.62. The van der Waals surface area contributed by atoms with Crippen LogP contribution in [0.2, 0.25) is 0 Å². The number of carbonyl (C=O) groups excluding carboxylic acids is 2. The summed E-state index contributed by atoms with van der Waals surface area (Å²) in [5.74, 6) is -0.394. The van der Waals surface area contributed by atoms with E-state index in [-0.39, 0.29) is 25.2 Å². The fourth-order valence-corrected chi connectivity index (χ4v) is 2.98. The lowest BCUT2D eigenvalue weighted by Gasteiger charge is -2.10. The Hall–Kier alpha value is -3.86. The monoisotopic (exact) mass is 430 g/mol. The third kappa shape index (κ3) is 7.43. The van der Waals surface area contributed by atoms with Crippen LogP contribution in [0.4, 0.5) is 0 Å². The van der Waals surface area contributed by atoms with Crippen molar-refractivity contribution in [2.45, 2.75) is 26.6 Å². The maximum Gasteiger partial charge on any atom is 0.334 e. The highest BCUT2D eigenvalue weighted by molar-refractivity contribution is 5.96. The summed E-state index contributed by atoms with van der Waals surface area (Å²) >= 11 is 0. The van der Waals surface area contributed by atoms with Crippen LogP contribution in [0.25, 0.3) is 0 Å². The average Bonchev–Trinajstić information content (AvgIpc) is 2.83. The van der Waals surface area contributed by atoms with Crippen molar-refractivity contribution in [2.75, 3.05) is 6.61 Å². The topological polar surface area (TPSA) is 61.8 Å². The van der Waals surface area contributed by atoms with Crippen molar-refractivity contribution in [3.63, 3.8) is 0 Å². The average molecular weight is 431 g/mol. The van der Waals surface area contributed by atoms with Crippen molar-refractivity contribution in [2.24, 2.45) is 0 Å². The molecular formula is C27H26O5. The van der Waals surface area contributed by atoms with Gasteiger partial charge in [0.25, 0.3) is 0 Å². The SMILES string of the molecule is CCOC(=O)C(=CC(=O)OCc1ccccc1)Cc1ccc(OCc2ccccc2)cc1. The van der Waals surface area contributed by atoms with Crippen molar-refractivity contribution in [3.8, 4) is 5.75 Å². The van der Waals surface area contributed by atoms with Crippen molar-refractivity contribution in [1.82, 2.24) is 0 Å². The summed E-state index contributed by atoms with van der Waals surface area (Å²) < 4.78 is 16.2. The van der Waals surface area contributed by atoms with Crippen LogP contribution < -0.4 is 4.74 Å². The normalized spacial score (nSPS) is 11.0. The lowest BCUT2D eigenvalue weighted by atomic mass is 10.0. The minimum absolute atomic E-state index is 0.139. The lowest BCUT2D eigenvalue weighted by Crippen LogP contribution is -2.13. The molecule has 5 heteroatoms. The first kappa shape index (κ1) is 22.8. The predicted molar refractivity (Wildman–Crippen MR) is 122 cm³/mol. The quantitative estimate of drug-likeness (QED) is 0.333. The van der Waals surface area contributed by atoms with Crippen LogP contribution in [0.15, 0.2) is 96.6 Å². The van der Waals surface area contributed by atoms with Crippen LogP contribution in [-0.2, 0) is 38.7 Å². The molecule has 0 fully saturated rings. The second-order valence-corrected chi connectivity index (χ2v) is 7.08. The van der Waals surface area contributed by atoms with E-state index >= 15 is 0 Å². The predicted octanol–water partition coefficient (Wildman–Crippen LogP) is 5.04. The number of esters is 2. The van der Waals surface area contributed by atoms with Gasteiger partial charge in [-0.3, -0.25) is 0 Å². The molecule has 3 aromatic carbocycles. The van der Waals surface area contributed by atoms with Crippen molar-refractivity contribution in [1.29, 1.82) is 0 Å². The van der Waals surface area contributed by atoms with Crippen molar-refractivity contribution >= 4 is 11.9 Å². The Labute approximate surface area is 188 Å². The Balaban J connectivity index is 1.62. The van der Waals surface area contributed by atoms with Crippen LogP contribution in [0, 0.1) is 0 Å². The standard InChI is InChI=1S/C27H26O5/c1-2-30-27(29)24(18-26(28)32-20-23-11-7-4-8-12-23)17-21-13-15-25(16-14-21)31-19-22-9-5-3-6-10-22/h3-16,18H,2,17,19-20H2,1H3. The highest BCUT2D eigenvalue weighted by Crippen LogP contribution is 2.17. The van der Waals surface area contributed by atoms with E-state index in [0.717, 1.165) is 22.4 Å². The van der Waals surface area contributed by atoms with E-state index in [9.17, 15) is 9.59 Å². The Kier molecular flexibility index (Phi) is 8.63. The van der Waals surface area contributed by atoms with Gasteiger partial charge in [-0.05, 0) is 35.7 Å². The van der Waals surface area contributed by atoms with E-state index in [0.29, 0.717) is 6.61 Å². The van der Waals surface area contributed by atoms with E-state index in [1.165, 1.54) is 6.08 Å². The van der Waals surface area contributed by atoms with Gasteiger partial charge in [0.05, 0.1) is 6.61 Å². The molecule has 0 radical (unpaired) electrons. The molecule has 0 N–H and O–H groups in total. The first-order valence-corrected chi connectivity index (χ1v) is 10.5. The molecule has 5 nitrogen and oxygen atoms in total. The second kappa shape index (κ2) is 12.1. The van der Waals surface area contributed by atoms with Gasteiger partial charge in [-0.1, -0.05) is 72.8 Å². The zero-order valence-corrected chi connectivity index (χ0v) is 18.0. The Bertz CT molecular complexity index is 1020.